The summed E-state index contributed by atoms with van der Waals surface area (Å²) in [4.78, 5) is 10.5. The van der Waals surface area contributed by atoms with E-state index in [1.54, 1.807) is 0 Å². The van der Waals surface area contributed by atoms with Crippen LogP contribution in [0.4, 0.5) is 13.2 Å². The zero-order chi connectivity index (χ0) is 21.4. The highest BCUT2D eigenvalue weighted by Crippen LogP contribution is 2.33. The van der Waals surface area contributed by atoms with Gasteiger partial charge in [0, 0.05) is 37.5 Å². The van der Waals surface area contributed by atoms with Gasteiger partial charge in [-0.05, 0) is 31.9 Å². The van der Waals surface area contributed by atoms with E-state index in [1.807, 2.05) is 0 Å². The van der Waals surface area contributed by atoms with Gasteiger partial charge in [-0.1, -0.05) is 18.2 Å². The number of benzene rings is 1. The van der Waals surface area contributed by atoms with Gasteiger partial charge in [0.2, 0.25) is 0 Å². The molecule has 3 rings (SSSR count). The molecule has 1 aliphatic heterocycles. The highest BCUT2D eigenvalue weighted by molar-refractivity contribution is 5.30. The summed E-state index contributed by atoms with van der Waals surface area (Å²) in [6.07, 6.45) is 1.33. The highest BCUT2D eigenvalue weighted by Gasteiger charge is 2.33. The summed E-state index contributed by atoms with van der Waals surface area (Å²) in [5, 5.41) is 8.63. The molecule has 0 amide bonds. The molecule has 0 N–H and O–H groups in total. The molecule has 0 saturated carbocycles. The van der Waals surface area contributed by atoms with E-state index >= 15 is 0 Å². The molecule has 0 atom stereocenters. The molecular weight excluding hydrogens is 397 g/mol. The van der Waals surface area contributed by atoms with Gasteiger partial charge >= 0.3 is 6.18 Å². The molecule has 6 nitrogen and oxygen atoms in total. The maximum absolute atomic E-state index is 13.2. The number of nitrogens with zero attached hydrogens (tertiary/aromatic N) is 4. The van der Waals surface area contributed by atoms with E-state index in [0.29, 0.717) is 6.42 Å². The normalized spacial score (nSPS) is 15.5. The average molecular weight is 420 g/mol. The predicted molar refractivity (Wildman–Crippen MR) is 103 cm³/mol. The molecule has 1 fully saturated rings. The van der Waals surface area contributed by atoms with E-state index in [9.17, 15) is 13.2 Å². The Hall–Kier alpha value is -2.86. The summed E-state index contributed by atoms with van der Waals surface area (Å²) in [5.74, 6) is 0.260. The van der Waals surface area contributed by atoms with Crippen molar-refractivity contribution in [1.82, 2.24) is 14.9 Å². The summed E-state index contributed by atoms with van der Waals surface area (Å²) in [7, 11) is 0. The van der Waals surface area contributed by atoms with Crippen molar-refractivity contribution in [1.29, 1.82) is 5.26 Å². The Labute approximate surface area is 173 Å². The van der Waals surface area contributed by atoms with Gasteiger partial charge in [-0.15, -0.1) is 0 Å². The second-order valence-corrected chi connectivity index (χ2v) is 7.03. The molecular formula is C21H23F3N4O2. The van der Waals surface area contributed by atoms with Crippen molar-refractivity contribution in [2.24, 2.45) is 0 Å². The van der Waals surface area contributed by atoms with Crippen LogP contribution in [0.15, 0.2) is 36.7 Å². The van der Waals surface area contributed by atoms with Crippen molar-refractivity contribution < 1.29 is 22.6 Å². The first-order valence-corrected chi connectivity index (χ1v) is 9.82. The fourth-order valence-electron chi connectivity index (χ4n) is 3.35. The van der Waals surface area contributed by atoms with Gasteiger partial charge in [0.1, 0.15) is 12.7 Å². The minimum atomic E-state index is -4.46. The number of aromatic nitrogens is 2. The third-order valence-electron chi connectivity index (χ3n) is 4.90. The van der Waals surface area contributed by atoms with Crippen LogP contribution in [0.25, 0.3) is 0 Å². The third-order valence-corrected chi connectivity index (χ3v) is 4.90. The number of nitriles is 1. The molecule has 2 aromatic rings. The number of likely N-dealkylation sites (tertiary alicyclic amines) is 1. The Morgan fingerprint density at radius 3 is 2.50 bits per heavy atom. The zero-order valence-corrected chi connectivity index (χ0v) is 16.4. The van der Waals surface area contributed by atoms with Crippen molar-refractivity contribution in [2.45, 2.75) is 44.6 Å². The summed E-state index contributed by atoms with van der Waals surface area (Å²) >= 11 is 0. The molecule has 160 valence electrons. The minimum Gasteiger partial charge on any atom is -0.470 e. The maximum Gasteiger partial charge on any atom is 0.416 e. The number of halogens is 3. The Morgan fingerprint density at radius 1 is 1.10 bits per heavy atom. The lowest BCUT2D eigenvalue weighted by Crippen LogP contribution is -2.38. The number of hydrogen-bond donors (Lipinski definition) is 0. The van der Waals surface area contributed by atoms with E-state index in [-0.39, 0.29) is 30.0 Å². The smallest absolute Gasteiger partial charge is 0.416 e. The van der Waals surface area contributed by atoms with Gasteiger partial charge in [0.25, 0.3) is 11.8 Å². The van der Waals surface area contributed by atoms with Crippen LogP contribution < -0.4 is 9.47 Å². The van der Waals surface area contributed by atoms with E-state index in [2.05, 4.69) is 20.9 Å². The van der Waals surface area contributed by atoms with Crippen LogP contribution in [0.3, 0.4) is 0 Å². The Balaban J connectivity index is 1.58. The fraction of sp³-hybridized carbons (Fsp3) is 0.476. The average Bonchev–Trinajstić information content (AvgIpc) is 2.74. The molecule has 0 aliphatic carbocycles. The number of hydrogen-bond acceptors (Lipinski definition) is 6. The minimum absolute atomic E-state index is 0.0206. The Morgan fingerprint density at radius 2 is 1.80 bits per heavy atom. The number of rotatable bonds is 8. The lowest BCUT2D eigenvalue weighted by atomic mass is 10.1. The number of ether oxygens (including phenoxy) is 2. The first-order chi connectivity index (χ1) is 14.5. The van der Waals surface area contributed by atoms with Gasteiger partial charge in [0.05, 0.1) is 11.6 Å². The quantitative estimate of drug-likeness (QED) is 0.596. The molecule has 1 saturated heterocycles. The number of alkyl halides is 3. The van der Waals surface area contributed by atoms with Crippen LogP contribution in [0.5, 0.6) is 11.8 Å². The topological polar surface area (TPSA) is 71.3 Å². The molecule has 1 aromatic carbocycles. The number of unbranched alkanes of at least 4 members (excludes halogenated alkanes) is 1. The van der Waals surface area contributed by atoms with Crippen LogP contribution in [0, 0.1) is 11.3 Å². The van der Waals surface area contributed by atoms with E-state index in [1.165, 1.54) is 30.6 Å². The van der Waals surface area contributed by atoms with Gasteiger partial charge in [-0.25, -0.2) is 9.97 Å². The van der Waals surface area contributed by atoms with Crippen molar-refractivity contribution in [3.05, 3.63) is 47.8 Å². The van der Waals surface area contributed by atoms with Crippen LogP contribution in [0.1, 0.15) is 36.8 Å². The third kappa shape index (κ3) is 6.07. The lowest BCUT2D eigenvalue weighted by molar-refractivity contribution is -0.138. The molecule has 0 bridgehead atoms. The summed E-state index contributed by atoms with van der Waals surface area (Å²) in [6.45, 7) is 2.30. The van der Waals surface area contributed by atoms with Crippen molar-refractivity contribution in [2.75, 3.05) is 19.6 Å². The molecule has 0 unspecified atom stereocenters. The molecule has 2 heterocycles. The predicted octanol–water partition coefficient (Wildman–Crippen LogP) is 4.22. The Kier molecular flexibility index (Phi) is 7.46. The monoisotopic (exact) mass is 420 g/mol. The van der Waals surface area contributed by atoms with Crippen LogP contribution in [0.2, 0.25) is 0 Å². The van der Waals surface area contributed by atoms with E-state index < -0.39 is 11.7 Å². The van der Waals surface area contributed by atoms with Crippen molar-refractivity contribution in [3.63, 3.8) is 0 Å². The van der Waals surface area contributed by atoms with Gasteiger partial charge in [-0.3, -0.25) is 0 Å². The first-order valence-electron chi connectivity index (χ1n) is 9.82. The summed E-state index contributed by atoms with van der Waals surface area (Å²) < 4.78 is 51.0. The molecule has 9 heteroatoms. The largest absolute Gasteiger partial charge is 0.470 e. The van der Waals surface area contributed by atoms with E-state index in [4.69, 9.17) is 14.7 Å². The molecule has 30 heavy (non-hydrogen) atoms. The Bertz CT molecular complexity index is 862. The van der Waals surface area contributed by atoms with Gasteiger partial charge in [-0.2, -0.15) is 18.4 Å². The first kappa shape index (κ1) is 21.8. The van der Waals surface area contributed by atoms with E-state index in [0.717, 1.165) is 45.0 Å². The second kappa shape index (κ2) is 10.3. The van der Waals surface area contributed by atoms with Crippen LogP contribution in [-0.2, 0) is 12.8 Å². The fourth-order valence-corrected chi connectivity index (χ4v) is 3.35. The summed E-state index contributed by atoms with van der Waals surface area (Å²) in [5.41, 5.74) is -0.715. The van der Waals surface area contributed by atoms with Crippen LogP contribution >= 0.6 is 0 Å². The lowest BCUT2D eigenvalue weighted by Gasteiger charge is -2.31. The molecule has 1 aromatic heterocycles. The highest BCUT2D eigenvalue weighted by atomic mass is 19.4. The van der Waals surface area contributed by atoms with Gasteiger partial charge in [0.15, 0.2) is 0 Å². The molecule has 0 radical (unpaired) electrons. The molecule has 0 spiro atoms. The number of piperidine rings is 1. The summed E-state index contributed by atoms with van der Waals surface area (Å²) in [6, 6.07) is 7.43. The zero-order valence-electron chi connectivity index (χ0n) is 16.4. The van der Waals surface area contributed by atoms with Gasteiger partial charge < -0.3 is 14.4 Å². The maximum atomic E-state index is 13.2. The van der Waals surface area contributed by atoms with Crippen molar-refractivity contribution in [3.8, 4) is 17.8 Å². The van der Waals surface area contributed by atoms with Crippen molar-refractivity contribution >= 4 is 0 Å². The molecule has 1 aliphatic rings. The second-order valence-electron chi connectivity index (χ2n) is 7.03. The standard InChI is InChI=1S/C21H23F3N4O2/c22-21(23,24)18-6-2-1-5-16(18)15-29-19-20(27-11-10-26-19)30-17-7-13-28(14-8-17)12-4-3-9-25/h1-2,5-6,10-11,17H,3-4,7-8,12-15H2. The van der Waals surface area contributed by atoms with Crippen LogP contribution in [-0.4, -0.2) is 40.6 Å². The SMILES string of the molecule is N#CCCCN1CCC(Oc2nccnc2OCc2ccccc2C(F)(F)F)CC1.